The Hall–Kier alpha value is -4.14. The van der Waals surface area contributed by atoms with Gasteiger partial charge in [0.05, 0.1) is 24.1 Å². The number of para-hydroxylation sites is 2. The zero-order chi connectivity index (χ0) is 21.2. The molecule has 1 atom stereocenters. The SMILES string of the molecule is O=C(Nc1cnn(C[C@@H]2COc3ccccc3O2)c1)c1cc(-c2ccc(F)cc2)n[nH]1. The summed E-state index contributed by atoms with van der Waals surface area (Å²) in [5, 5.41) is 13.9. The smallest absolute Gasteiger partial charge is 0.273 e. The van der Waals surface area contributed by atoms with Gasteiger partial charge in [-0.2, -0.15) is 10.2 Å². The first-order chi connectivity index (χ1) is 15.1. The van der Waals surface area contributed by atoms with Crippen molar-refractivity contribution in [2.45, 2.75) is 12.6 Å². The van der Waals surface area contributed by atoms with Gasteiger partial charge in [-0.25, -0.2) is 4.39 Å². The van der Waals surface area contributed by atoms with Crippen LogP contribution in [0.5, 0.6) is 11.5 Å². The van der Waals surface area contributed by atoms with Crippen molar-refractivity contribution in [2.24, 2.45) is 0 Å². The third-order valence-corrected chi connectivity index (χ3v) is 4.81. The standard InChI is InChI=1S/C22H18FN5O3/c23-15-7-5-14(6-8-15)18-9-19(27-26-18)22(29)25-16-10-24-28(11-16)12-17-13-30-20-3-1-2-4-21(20)31-17/h1-11,17H,12-13H2,(H,25,29)(H,26,27)/t17-/m1/s1. The minimum atomic E-state index is -0.355. The van der Waals surface area contributed by atoms with Crippen LogP contribution in [0.3, 0.4) is 0 Å². The largest absolute Gasteiger partial charge is 0.486 e. The maximum absolute atomic E-state index is 13.1. The van der Waals surface area contributed by atoms with E-state index in [0.717, 1.165) is 5.75 Å². The minimum Gasteiger partial charge on any atom is -0.486 e. The number of nitrogens with one attached hydrogen (secondary N) is 2. The molecule has 1 aliphatic heterocycles. The van der Waals surface area contributed by atoms with Gasteiger partial charge in [0.2, 0.25) is 0 Å². The van der Waals surface area contributed by atoms with Crippen molar-refractivity contribution in [3.8, 4) is 22.8 Å². The van der Waals surface area contributed by atoms with Crippen LogP contribution in [-0.4, -0.2) is 38.6 Å². The number of carbonyl (C=O) groups is 1. The second-order valence-electron chi connectivity index (χ2n) is 7.08. The lowest BCUT2D eigenvalue weighted by Crippen LogP contribution is -2.33. The average Bonchev–Trinajstić information content (AvgIpc) is 3.44. The summed E-state index contributed by atoms with van der Waals surface area (Å²) in [6.07, 6.45) is 3.09. The zero-order valence-electron chi connectivity index (χ0n) is 16.3. The van der Waals surface area contributed by atoms with Gasteiger partial charge in [0.25, 0.3) is 5.91 Å². The van der Waals surface area contributed by atoms with E-state index in [2.05, 4.69) is 20.6 Å². The Morgan fingerprint density at radius 1 is 1.19 bits per heavy atom. The third-order valence-electron chi connectivity index (χ3n) is 4.81. The van der Waals surface area contributed by atoms with E-state index in [-0.39, 0.29) is 23.5 Å². The second-order valence-corrected chi connectivity index (χ2v) is 7.08. The minimum absolute atomic E-state index is 0.191. The zero-order valence-corrected chi connectivity index (χ0v) is 16.3. The number of nitrogens with zero attached hydrogens (tertiary/aromatic N) is 3. The number of anilines is 1. The molecule has 1 amide bonds. The lowest BCUT2D eigenvalue weighted by Gasteiger charge is -2.26. The maximum Gasteiger partial charge on any atom is 0.273 e. The Morgan fingerprint density at radius 3 is 2.84 bits per heavy atom. The lowest BCUT2D eigenvalue weighted by atomic mass is 10.1. The van der Waals surface area contributed by atoms with E-state index < -0.39 is 0 Å². The highest BCUT2D eigenvalue weighted by atomic mass is 19.1. The molecule has 5 rings (SSSR count). The van der Waals surface area contributed by atoms with Crippen molar-refractivity contribution >= 4 is 11.6 Å². The molecule has 0 aliphatic carbocycles. The van der Waals surface area contributed by atoms with Crippen molar-refractivity contribution in [3.63, 3.8) is 0 Å². The van der Waals surface area contributed by atoms with Gasteiger partial charge < -0.3 is 14.8 Å². The molecular weight excluding hydrogens is 401 g/mol. The van der Waals surface area contributed by atoms with Gasteiger partial charge in [-0.05, 0) is 42.5 Å². The molecule has 1 aliphatic rings. The molecule has 2 aromatic heterocycles. The number of rotatable bonds is 5. The number of aromatic nitrogens is 4. The second kappa shape index (κ2) is 7.94. The van der Waals surface area contributed by atoms with Crippen LogP contribution < -0.4 is 14.8 Å². The summed E-state index contributed by atoms with van der Waals surface area (Å²) in [5.74, 6) is 0.748. The fraction of sp³-hybridized carbons (Fsp3) is 0.136. The molecule has 2 N–H and O–H groups in total. The number of carbonyl (C=O) groups excluding carboxylic acids is 1. The first-order valence-corrected chi connectivity index (χ1v) is 9.68. The number of ether oxygens (including phenoxy) is 2. The van der Waals surface area contributed by atoms with Crippen molar-refractivity contribution in [2.75, 3.05) is 11.9 Å². The van der Waals surface area contributed by atoms with Gasteiger partial charge in [-0.15, -0.1) is 0 Å². The molecule has 31 heavy (non-hydrogen) atoms. The number of hydrogen-bond donors (Lipinski definition) is 2. The summed E-state index contributed by atoms with van der Waals surface area (Å²) < 4.78 is 26.4. The first-order valence-electron chi connectivity index (χ1n) is 9.68. The van der Waals surface area contributed by atoms with Crippen LogP contribution in [0, 0.1) is 5.82 Å². The van der Waals surface area contributed by atoms with Crippen molar-refractivity contribution in [1.29, 1.82) is 0 Å². The summed E-state index contributed by atoms with van der Waals surface area (Å²) >= 11 is 0. The fourth-order valence-electron chi connectivity index (χ4n) is 3.29. The molecule has 4 aromatic rings. The number of H-pyrrole nitrogens is 1. The number of benzene rings is 2. The van der Waals surface area contributed by atoms with Crippen LogP contribution in [0.2, 0.25) is 0 Å². The van der Waals surface area contributed by atoms with Gasteiger partial charge in [-0.1, -0.05) is 12.1 Å². The molecule has 3 heterocycles. The number of fused-ring (bicyclic) bond motifs is 1. The van der Waals surface area contributed by atoms with E-state index in [1.807, 2.05) is 24.3 Å². The Balaban J connectivity index is 1.21. The van der Waals surface area contributed by atoms with Gasteiger partial charge in [0.15, 0.2) is 17.6 Å². The Bertz CT molecular complexity index is 1220. The van der Waals surface area contributed by atoms with E-state index in [1.165, 1.54) is 12.1 Å². The molecule has 0 spiro atoms. The quantitative estimate of drug-likeness (QED) is 0.516. The van der Waals surface area contributed by atoms with Crippen LogP contribution in [0.4, 0.5) is 10.1 Å². The Labute approximate surface area is 176 Å². The highest BCUT2D eigenvalue weighted by molar-refractivity contribution is 6.03. The predicted molar refractivity (Wildman–Crippen MR) is 111 cm³/mol. The number of amides is 1. The van der Waals surface area contributed by atoms with Gasteiger partial charge >= 0.3 is 0 Å². The van der Waals surface area contributed by atoms with Crippen LogP contribution in [0.1, 0.15) is 10.5 Å². The van der Waals surface area contributed by atoms with Crippen LogP contribution in [0.25, 0.3) is 11.3 Å². The van der Waals surface area contributed by atoms with Gasteiger partial charge in [0, 0.05) is 11.8 Å². The Morgan fingerprint density at radius 2 is 2.00 bits per heavy atom. The van der Waals surface area contributed by atoms with Crippen LogP contribution in [-0.2, 0) is 6.54 Å². The molecule has 2 aromatic carbocycles. The van der Waals surface area contributed by atoms with E-state index in [4.69, 9.17) is 9.47 Å². The number of aromatic amines is 1. The van der Waals surface area contributed by atoms with Crippen molar-refractivity contribution in [1.82, 2.24) is 20.0 Å². The lowest BCUT2D eigenvalue weighted by molar-refractivity contribution is 0.0759. The van der Waals surface area contributed by atoms with E-state index in [0.29, 0.717) is 35.8 Å². The van der Waals surface area contributed by atoms with E-state index in [9.17, 15) is 9.18 Å². The highest BCUT2D eigenvalue weighted by Crippen LogP contribution is 2.31. The molecule has 0 bridgehead atoms. The maximum atomic E-state index is 13.1. The van der Waals surface area contributed by atoms with E-state index in [1.54, 1.807) is 35.3 Å². The fourth-order valence-corrected chi connectivity index (χ4v) is 3.29. The first kappa shape index (κ1) is 18.9. The predicted octanol–water partition coefficient (Wildman–Crippen LogP) is 3.50. The van der Waals surface area contributed by atoms with Crippen LogP contribution >= 0.6 is 0 Å². The van der Waals surface area contributed by atoms with Gasteiger partial charge in [-0.3, -0.25) is 14.6 Å². The summed E-state index contributed by atoms with van der Waals surface area (Å²) in [5.41, 5.74) is 2.09. The highest BCUT2D eigenvalue weighted by Gasteiger charge is 2.21. The van der Waals surface area contributed by atoms with Crippen molar-refractivity contribution in [3.05, 3.63) is 78.5 Å². The molecule has 0 fully saturated rings. The topological polar surface area (TPSA) is 94.1 Å². The summed E-state index contributed by atoms with van der Waals surface area (Å²) in [6.45, 7) is 0.891. The number of halogens is 1. The summed E-state index contributed by atoms with van der Waals surface area (Å²) in [7, 11) is 0. The Kier molecular flexibility index (Phi) is 4.83. The molecular formula is C22H18FN5O3. The van der Waals surface area contributed by atoms with Crippen LogP contribution in [0.15, 0.2) is 67.0 Å². The average molecular weight is 419 g/mol. The molecule has 0 saturated carbocycles. The third kappa shape index (κ3) is 4.11. The molecule has 156 valence electrons. The number of hydrogen-bond acceptors (Lipinski definition) is 5. The van der Waals surface area contributed by atoms with E-state index >= 15 is 0 Å². The van der Waals surface area contributed by atoms with Gasteiger partial charge in [0.1, 0.15) is 18.1 Å². The monoisotopic (exact) mass is 419 g/mol. The summed E-state index contributed by atoms with van der Waals surface area (Å²) in [6, 6.07) is 15.0. The molecule has 0 radical (unpaired) electrons. The van der Waals surface area contributed by atoms with Crippen molar-refractivity contribution < 1.29 is 18.7 Å². The molecule has 0 saturated heterocycles. The molecule has 9 heteroatoms. The molecule has 8 nitrogen and oxygen atoms in total. The normalized spacial score (nSPS) is 14.9. The molecule has 0 unspecified atom stereocenters. The summed E-state index contributed by atoms with van der Waals surface area (Å²) in [4.78, 5) is 12.5.